The van der Waals surface area contributed by atoms with Crippen LogP contribution >= 0.6 is 0 Å². The molecule has 5 heteroatoms. The Morgan fingerprint density at radius 2 is 1.19 bits per heavy atom. The second kappa shape index (κ2) is 13.2. The molecule has 0 saturated heterocycles. The van der Waals surface area contributed by atoms with Crippen molar-refractivity contribution in [1.29, 1.82) is 0 Å². The van der Waals surface area contributed by atoms with Gasteiger partial charge in [-0.05, 0) is 134 Å². The molecule has 332 valence electrons. The molecule has 11 aromatic rings. The van der Waals surface area contributed by atoms with E-state index in [0.29, 0.717) is 0 Å². The zero-order valence-electron chi connectivity index (χ0n) is 40.6. The van der Waals surface area contributed by atoms with Gasteiger partial charge in [0.2, 0.25) is 0 Å². The quantitative estimate of drug-likeness (QED) is 0.180. The van der Waals surface area contributed by atoms with Gasteiger partial charge in [-0.15, -0.1) is 0 Å². The molecule has 8 aromatic carbocycles. The zero-order chi connectivity index (χ0) is 46.4. The number of rotatable bonds is 3. The number of nitrogens with zero attached hydrogens (tertiary/aromatic N) is 1. The molecule has 0 fully saturated rings. The minimum Gasteiger partial charge on any atom is -0.456 e. The summed E-state index contributed by atoms with van der Waals surface area (Å²) in [4.78, 5) is 0. The minimum atomic E-state index is -0.191. The summed E-state index contributed by atoms with van der Waals surface area (Å²) in [6, 6.07) is 50.3. The van der Waals surface area contributed by atoms with E-state index in [1.54, 1.807) is 0 Å². The van der Waals surface area contributed by atoms with Crippen molar-refractivity contribution in [1.82, 2.24) is 4.57 Å². The molecule has 0 atom stereocenters. The monoisotopic (exact) mass is 882 g/mol. The maximum absolute atomic E-state index is 6.61. The van der Waals surface area contributed by atoms with Crippen LogP contribution in [0.15, 0.2) is 142 Å². The molecular weight excluding hydrogens is 828 g/mol. The Balaban J connectivity index is 1.07. The Morgan fingerprint density at radius 1 is 0.529 bits per heavy atom. The van der Waals surface area contributed by atoms with Crippen LogP contribution in [-0.4, -0.2) is 11.8 Å². The molecular formula is C63H55BN2O2. The highest BCUT2D eigenvalue weighted by molar-refractivity contribution is 6.74. The third-order valence-electron chi connectivity index (χ3n) is 16.8. The lowest BCUT2D eigenvalue weighted by Gasteiger charge is -2.42. The van der Waals surface area contributed by atoms with Gasteiger partial charge in [0, 0.05) is 71.9 Å². The number of aromatic nitrogens is 1. The van der Waals surface area contributed by atoms with E-state index in [9.17, 15) is 0 Å². The number of nitrogens with one attached hydrogen (secondary N) is 1. The van der Waals surface area contributed by atoms with Gasteiger partial charge in [-0.3, -0.25) is 0 Å². The fourth-order valence-corrected chi connectivity index (χ4v) is 12.9. The average Bonchev–Trinajstić information content (AvgIpc) is 4.04. The first kappa shape index (κ1) is 40.1. The summed E-state index contributed by atoms with van der Waals surface area (Å²) >= 11 is 0. The molecule has 0 unspecified atom stereocenters. The molecule has 0 spiro atoms. The fourth-order valence-electron chi connectivity index (χ4n) is 12.9. The van der Waals surface area contributed by atoms with Crippen LogP contribution in [0.2, 0.25) is 0 Å². The van der Waals surface area contributed by atoms with Gasteiger partial charge in [-0.2, -0.15) is 0 Å². The summed E-state index contributed by atoms with van der Waals surface area (Å²) in [6.45, 7) is 21.5. The van der Waals surface area contributed by atoms with Gasteiger partial charge in [0.25, 0.3) is 0 Å². The third kappa shape index (κ3) is 5.39. The smallest absolute Gasteiger partial charge is 0.198 e. The summed E-state index contributed by atoms with van der Waals surface area (Å²) in [6.07, 6.45) is 2.38. The summed E-state index contributed by atoms with van der Waals surface area (Å²) in [5, 5.41) is 11.1. The highest BCUT2D eigenvalue weighted by Gasteiger charge is 2.43. The van der Waals surface area contributed by atoms with E-state index in [1.165, 1.54) is 107 Å². The second-order valence-electron chi connectivity index (χ2n) is 23.2. The predicted molar refractivity (Wildman–Crippen MR) is 288 cm³/mol. The fraction of sp³-hybridized carbons (Fsp3) is 0.238. The number of hydrogen-bond acceptors (Lipinski definition) is 3. The topological polar surface area (TPSA) is 43.2 Å². The zero-order valence-corrected chi connectivity index (χ0v) is 40.6. The van der Waals surface area contributed by atoms with Crippen molar-refractivity contribution in [3.63, 3.8) is 0 Å². The summed E-state index contributed by atoms with van der Waals surface area (Å²) in [5.41, 5.74) is 24.5. The van der Waals surface area contributed by atoms with Crippen LogP contribution in [-0.2, 0) is 21.7 Å². The van der Waals surface area contributed by atoms with Crippen LogP contribution in [0.5, 0.6) is 0 Å². The second-order valence-corrected chi connectivity index (χ2v) is 23.2. The van der Waals surface area contributed by atoms with Crippen LogP contribution in [0.3, 0.4) is 0 Å². The van der Waals surface area contributed by atoms with Crippen molar-refractivity contribution in [3.05, 3.63) is 161 Å². The molecule has 0 amide bonds. The predicted octanol–water partition coefficient (Wildman–Crippen LogP) is 15.6. The highest BCUT2D eigenvalue weighted by atomic mass is 16.3. The molecule has 4 nitrogen and oxygen atoms in total. The Bertz CT molecular complexity index is 4030. The minimum absolute atomic E-state index is 0.0603. The normalized spacial score (nSPS) is 16.4. The van der Waals surface area contributed by atoms with Gasteiger partial charge in [-0.25, -0.2) is 0 Å². The molecule has 0 radical (unpaired) electrons. The van der Waals surface area contributed by atoms with Gasteiger partial charge in [0.15, 0.2) is 7.28 Å². The number of fused-ring (bicyclic) bond motifs is 16. The first-order valence-corrected chi connectivity index (χ1v) is 24.7. The van der Waals surface area contributed by atoms with Crippen molar-refractivity contribution in [2.24, 2.45) is 0 Å². The van der Waals surface area contributed by atoms with E-state index < -0.39 is 0 Å². The molecule has 0 saturated carbocycles. The summed E-state index contributed by atoms with van der Waals surface area (Å²) < 4.78 is 15.7. The van der Waals surface area contributed by atoms with Gasteiger partial charge in [0.1, 0.15) is 22.3 Å². The lowest BCUT2D eigenvalue weighted by molar-refractivity contribution is 0.331. The van der Waals surface area contributed by atoms with Gasteiger partial charge in [0.05, 0.1) is 5.52 Å². The Morgan fingerprint density at radius 3 is 1.94 bits per heavy atom. The molecule has 68 heavy (non-hydrogen) atoms. The molecule has 3 aliphatic rings. The maximum Gasteiger partial charge on any atom is 0.198 e. The Hall–Kier alpha value is -6.98. The molecule has 1 aliphatic heterocycles. The molecule has 3 aromatic heterocycles. The standard InChI is InChI=1S/C63H55BN2O2/c1-60(2,3)34-18-20-35(21-19-34)65-49-32-45-40(41-29-46-47(31-44(41)63(45,8)9)62(6,7)27-26-61(46,4)5)28-42(49)37-22-23-39-56-50(24-25-54-57(56)38-15-11-13-17-53(38)67-54)66-51-33-55-43(30-48(51)64-58(37)59(39)66)36-14-10-12-16-52(36)68-55/h10-25,28-33,64-65H,26-27H2,1-9H3. The van der Waals surface area contributed by atoms with Crippen molar-refractivity contribution >= 4 is 95.3 Å². The van der Waals surface area contributed by atoms with E-state index in [4.69, 9.17) is 8.83 Å². The lowest BCUT2D eigenvalue weighted by Crippen LogP contribution is -2.37. The number of furan rings is 2. The molecule has 0 bridgehead atoms. The van der Waals surface area contributed by atoms with Crippen molar-refractivity contribution < 1.29 is 8.83 Å². The van der Waals surface area contributed by atoms with Crippen molar-refractivity contribution in [2.75, 3.05) is 5.32 Å². The molecule has 14 rings (SSSR count). The van der Waals surface area contributed by atoms with Crippen LogP contribution in [0.4, 0.5) is 11.4 Å². The van der Waals surface area contributed by atoms with Gasteiger partial charge < -0.3 is 18.7 Å². The van der Waals surface area contributed by atoms with E-state index >= 15 is 0 Å². The van der Waals surface area contributed by atoms with Gasteiger partial charge >= 0.3 is 0 Å². The highest BCUT2D eigenvalue weighted by Crippen LogP contribution is 2.56. The number of anilines is 2. The van der Waals surface area contributed by atoms with E-state index in [-0.39, 0.29) is 21.7 Å². The van der Waals surface area contributed by atoms with Crippen LogP contribution in [0, 0.1) is 0 Å². The van der Waals surface area contributed by atoms with E-state index in [2.05, 4.69) is 206 Å². The Kier molecular flexibility index (Phi) is 7.77. The van der Waals surface area contributed by atoms with Gasteiger partial charge in [-0.1, -0.05) is 141 Å². The molecule has 1 N–H and O–H groups in total. The number of benzene rings is 8. The van der Waals surface area contributed by atoms with Crippen LogP contribution in [0.1, 0.15) is 103 Å². The largest absolute Gasteiger partial charge is 0.456 e. The van der Waals surface area contributed by atoms with Crippen LogP contribution < -0.4 is 16.2 Å². The van der Waals surface area contributed by atoms with E-state index in [1.807, 2.05) is 0 Å². The van der Waals surface area contributed by atoms with E-state index in [0.717, 1.165) is 57.1 Å². The SMILES string of the molecule is CC(C)(C)c1ccc(Nc2cc3c(cc2-c2ccc4c5c6c(ccc5n5c4c2Bc2cc4c(cc2-5)oc2ccccc24)oc2ccccc26)-c2cc4c(cc2C3(C)C)C(C)(C)CCC4(C)C)cc1. The van der Waals surface area contributed by atoms with Crippen molar-refractivity contribution in [2.45, 2.75) is 96.8 Å². The third-order valence-corrected chi connectivity index (χ3v) is 16.8. The molecule has 4 heterocycles. The number of para-hydroxylation sites is 2. The summed E-state index contributed by atoms with van der Waals surface area (Å²) in [5.74, 6) is 0. The lowest BCUT2D eigenvalue weighted by atomic mass is 9.59. The average molecular weight is 883 g/mol. The summed E-state index contributed by atoms with van der Waals surface area (Å²) in [7, 11) is 0.777. The Labute approximate surface area is 398 Å². The molecule has 2 aliphatic carbocycles. The maximum atomic E-state index is 6.61. The first-order chi connectivity index (χ1) is 32.5. The van der Waals surface area contributed by atoms with Crippen LogP contribution in [0.25, 0.3) is 93.6 Å². The number of hydrogen-bond donors (Lipinski definition) is 1. The first-order valence-electron chi connectivity index (χ1n) is 24.7. The van der Waals surface area contributed by atoms with Crippen molar-refractivity contribution in [3.8, 4) is 27.9 Å².